The van der Waals surface area contributed by atoms with Crippen molar-refractivity contribution in [1.82, 2.24) is 10.2 Å². The second kappa shape index (κ2) is 12.8. The molecule has 0 atom stereocenters. The third-order valence-corrected chi connectivity index (χ3v) is 7.07. The Labute approximate surface area is 243 Å². The van der Waals surface area contributed by atoms with Gasteiger partial charge in [-0.25, -0.2) is 4.79 Å². The molecule has 7 nitrogen and oxygen atoms in total. The summed E-state index contributed by atoms with van der Waals surface area (Å²) >= 11 is 0. The molecule has 4 rings (SSSR count). The number of likely N-dealkylation sites (tertiary alicyclic amines) is 1. The van der Waals surface area contributed by atoms with Gasteiger partial charge in [0.15, 0.2) is 0 Å². The molecule has 13 heteroatoms. The van der Waals surface area contributed by atoms with Crippen molar-refractivity contribution >= 4 is 12.0 Å². The van der Waals surface area contributed by atoms with E-state index in [1.165, 1.54) is 36.3 Å². The fourth-order valence-corrected chi connectivity index (χ4v) is 5.13. The molecule has 1 heterocycles. The Bertz CT molecular complexity index is 1350. The molecule has 0 aromatic heterocycles. The van der Waals surface area contributed by atoms with Gasteiger partial charge >= 0.3 is 24.7 Å². The molecule has 3 aromatic rings. The molecule has 1 N–H and O–H groups in total. The molecule has 0 radical (unpaired) electrons. The second-order valence-electron chi connectivity index (χ2n) is 9.93. The number of alkyl halides is 6. The van der Waals surface area contributed by atoms with E-state index < -0.39 is 47.7 Å². The first-order chi connectivity index (χ1) is 20.3. The van der Waals surface area contributed by atoms with E-state index >= 15 is 0 Å². The number of carbonyl (C=O) groups is 2. The van der Waals surface area contributed by atoms with E-state index in [9.17, 15) is 35.9 Å². The maximum atomic E-state index is 13.8. The highest BCUT2D eigenvalue weighted by Gasteiger charge is 2.41. The summed E-state index contributed by atoms with van der Waals surface area (Å²) in [6.45, 7) is 0.336. The van der Waals surface area contributed by atoms with Crippen LogP contribution in [0.3, 0.4) is 0 Å². The van der Waals surface area contributed by atoms with E-state index in [-0.39, 0.29) is 30.6 Å². The monoisotopic (exact) mass is 610 g/mol. The molecular weight excluding hydrogens is 582 g/mol. The fourth-order valence-electron chi connectivity index (χ4n) is 5.13. The minimum atomic E-state index is -5.02. The Balaban J connectivity index is 1.83. The van der Waals surface area contributed by atoms with Crippen LogP contribution >= 0.6 is 0 Å². The number of carbonyl (C=O) groups excluding carboxylic acids is 2. The van der Waals surface area contributed by atoms with Crippen molar-refractivity contribution < 1.29 is 50.1 Å². The van der Waals surface area contributed by atoms with Gasteiger partial charge in [-0.3, -0.25) is 4.79 Å². The number of piperidine rings is 1. The highest BCUT2D eigenvalue weighted by molar-refractivity contribution is 5.78. The van der Waals surface area contributed by atoms with Crippen molar-refractivity contribution in [2.45, 2.75) is 37.5 Å². The van der Waals surface area contributed by atoms with Gasteiger partial charge in [0, 0.05) is 19.5 Å². The van der Waals surface area contributed by atoms with Crippen LogP contribution in [-0.2, 0) is 21.5 Å². The molecule has 1 aliphatic rings. The van der Waals surface area contributed by atoms with Gasteiger partial charge in [-0.2, -0.15) is 0 Å². The number of amides is 2. The van der Waals surface area contributed by atoms with Crippen molar-refractivity contribution in [2.75, 3.05) is 20.2 Å². The van der Waals surface area contributed by atoms with Crippen molar-refractivity contribution in [2.24, 2.45) is 5.92 Å². The van der Waals surface area contributed by atoms with Crippen molar-refractivity contribution in [3.63, 3.8) is 0 Å². The van der Waals surface area contributed by atoms with Gasteiger partial charge in [0.05, 0.1) is 18.6 Å². The zero-order valence-corrected chi connectivity index (χ0v) is 22.9. The smallest absolute Gasteiger partial charge is 0.469 e. The number of urea groups is 1. The Morgan fingerprint density at radius 3 is 1.77 bits per heavy atom. The zero-order valence-electron chi connectivity index (χ0n) is 22.9. The number of halogens is 6. The van der Waals surface area contributed by atoms with Gasteiger partial charge in [-0.15, -0.1) is 26.3 Å². The summed E-state index contributed by atoms with van der Waals surface area (Å²) in [7, 11) is 1.27. The molecule has 0 saturated carbocycles. The van der Waals surface area contributed by atoms with E-state index in [4.69, 9.17) is 4.74 Å². The summed E-state index contributed by atoms with van der Waals surface area (Å²) in [6.07, 6.45) is -9.48. The Morgan fingerprint density at radius 2 is 1.30 bits per heavy atom. The molecule has 3 aromatic carbocycles. The third-order valence-electron chi connectivity index (χ3n) is 7.07. The van der Waals surface area contributed by atoms with E-state index in [1.54, 1.807) is 30.3 Å². The topological polar surface area (TPSA) is 77.1 Å². The maximum Gasteiger partial charge on any atom is 0.573 e. The molecule has 43 heavy (non-hydrogen) atoms. The van der Waals surface area contributed by atoms with Gasteiger partial charge in [0.1, 0.15) is 11.5 Å². The van der Waals surface area contributed by atoms with Crippen LogP contribution in [0.15, 0.2) is 78.9 Å². The Hall–Kier alpha value is -4.42. The summed E-state index contributed by atoms with van der Waals surface area (Å²) in [5.74, 6) is -1.98. The standard InChI is InChI=1S/C30H28F6N2O5/c1-41-26(39)21-13-15-38(16-14-21)27(40)37-28(19-20-7-3-2-4-8-20,22-9-5-11-24(17-22)42-29(31,32)33)23-10-6-12-25(18-23)43-30(34,35)36/h2-12,17-18,21H,13-16,19H2,1H3,(H,37,40). The first-order valence-electron chi connectivity index (χ1n) is 13.2. The maximum absolute atomic E-state index is 13.8. The number of methoxy groups -OCH3 is 1. The van der Waals surface area contributed by atoms with E-state index in [2.05, 4.69) is 14.8 Å². The highest BCUT2D eigenvalue weighted by Crippen LogP contribution is 2.38. The summed E-state index contributed by atoms with van der Waals surface area (Å²) in [4.78, 5) is 27.2. The number of benzene rings is 3. The summed E-state index contributed by atoms with van der Waals surface area (Å²) in [5.41, 5.74) is -0.857. The van der Waals surface area contributed by atoms with Gasteiger partial charge in [0.2, 0.25) is 0 Å². The number of rotatable bonds is 8. The number of ether oxygens (including phenoxy) is 3. The first-order valence-corrected chi connectivity index (χ1v) is 13.2. The lowest BCUT2D eigenvalue weighted by molar-refractivity contribution is -0.275. The zero-order chi connectivity index (χ0) is 31.3. The quantitative estimate of drug-likeness (QED) is 0.231. The highest BCUT2D eigenvalue weighted by atomic mass is 19.4. The van der Waals surface area contributed by atoms with Crippen LogP contribution in [-0.4, -0.2) is 49.8 Å². The largest absolute Gasteiger partial charge is 0.573 e. The molecule has 0 bridgehead atoms. The van der Waals surface area contributed by atoms with Crippen molar-refractivity contribution in [3.8, 4) is 11.5 Å². The lowest BCUT2D eigenvalue weighted by Crippen LogP contribution is -2.55. The number of hydrogen-bond donors (Lipinski definition) is 1. The van der Waals surface area contributed by atoms with Crippen LogP contribution in [0, 0.1) is 5.92 Å². The molecule has 1 aliphatic heterocycles. The second-order valence-corrected chi connectivity index (χ2v) is 9.93. The molecule has 230 valence electrons. The Morgan fingerprint density at radius 1 is 0.791 bits per heavy atom. The molecular formula is C30H28F6N2O5. The average Bonchev–Trinajstić information content (AvgIpc) is 2.95. The van der Waals surface area contributed by atoms with Crippen LogP contribution < -0.4 is 14.8 Å². The van der Waals surface area contributed by atoms with Gasteiger partial charge < -0.3 is 24.4 Å². The normalized spacial score (nSPS) is 14.6. The average molecular weight is 611 g/mol. The minimum absolute atomic E-state index is 0.0663. The lowest BCUT2D eigenvalue weighted by Gasteiger charge is -2.40. The first kappa shape index (κ1) is 31.5. The molecule has 0 unspecified atom stereocenters. The number of hydrogen-bond acceptors (Lipinski definition) is 5. The van der Waals surface area contributed by atoms with Crippen LogP contribution in [0.1, 0.15) is 29.5 Å². The Kier molecular flexibility index (Phi) is 9.41. The van der Waals surface area contributed by atoms with Crippen molar-refractivity contribution in [1.29, 1.82) is 0 Å². The van der Waals surface area contributed by atoms with E-state index in [0.29, 0.717) is 18.4 Å². The molecule has 1 fully saturated rings. The van der Waals surface area contributed by atoms with Crippen LogP contribution in [0.5, 0.6) is 11.5 Å². The summed E-state index contributed by atoms with van der Waals surface area (Å²) < 4.78 is 92.0. The number of nitrogens with one attached hydrogen (secondary N) is 1. The predicted molar refractivity (Wildman–Crippen MR) is 142 cm³/mol. The minimum Gasteiger partial charge on any atom is -0.469 e. The van der Waals surface area contributed by atoms with Gasteiger partial charge in [-0.05, 0) is 53.8 Å². The number of esters is 1. The van der Waals surface area contributed by atoms with E-state index in [0.717, 1.165) is 24.3 Å². The summed E-state index contributed by atoms with van der Waals surface area (Å²) in [6, 6.07) is 17.8. The molecule has 0 spiro atoms. The van der Waals surface area contributed by atoms with E-state index in [1.807, 2.05) is 0 Å². The van der Waals surface area contributed by atoms with Crippen LogP contribution in [0.4, 0.5) is 31.1 Å². The lowest BCUT2D eigenvalue weighted by atomic mass is 9.77. The molecule has 1 saturated heterocycles. The van der Waals surface area contributed by atoms with Crippen molar-refractivity contribution in [3.05, 3.63) is 95.6 Å². The summed E-state index contributed by atoms with van der Waals surface area (Å²) in [5, 5.41) is 2.92. The molecule has 2 amide bonds. The third kappa shape index (κ3) is 8.33. The SMILES string of the molecule is COC(=O)C1CCN(C(=O)NC(Cc2ccccc2)(c2cccc(OC(F)(F)F)c2)c2cccc(OC(F)(F)F)c2)CC1. The fraction of sp³-hybridized carbons (Fsp3) is 0.333. The number of nitrogens with zero attached hydrogens (tertiary/aromatic N) is 1. The predicted octanol–water partition coefficient (Wildman–Crippen LogP) is 6.56. The molecule has 0 aliphatic carbocycles. The van der Waals surface area contributed by atoms with Crippen LogP contribution in [0.2, 0.25) is 0 Å². The van der Waals surface area contributed by atoms with Gasteiger partial charge in [0.25, 0.3) is 0 Å². The van der Waals surface area contributed by atoms with Crippen LogP contribution in [0.25, 0.3) is 0 Å². The van der Waals surface area contributed by atoms with Gasteiger partial charge in [-0.1, -0.05) is 54.6 Å².